The Hall–Kier alpha value is -0.410. The van der Waals surface area contributed by atoms with Crippen molar-refractivity contribution in [3.63, 3.8) is 0 Å². The number of carbonyl (C=O) groups excluding carboxylic acids is 1. The number of nitrogens with zero attached hydrogens (tertiary/aromatic N) is 2. The Labute approximate surface area is 143 Å². The van der Waals surface area contributed by atoms with Gasteiger partial charge < -0.3 is 4.90 Å². The van der Waals surface area contributed by atoms with Gasteiger partial charge in [0.05, 0.1) is 0 Å². The Morgan fingerprint density at radius 1 is 0.870 bits per heavy atom. The fraction of sp³-hybridized carbons (Fsp3) is 0.950. The third-order valence-corrected chi connectivity index (χ3v) is 6.02. The van der Waals surface area contributed by atoms with Crippen LogP contribution in [0.4, 0.5) is 0 Å². The molecular formula is C20H38N2O. The molecule has 1 heterocycles. The molecule has 1 saturated heterocycles. The third-order valence-electron chi connectivity index (χ3n) is 6.02. The summed E-state index contributed by atoms with van der Waals surface area (Å²) in [5.74, 6) is 0.771. The molecule has 0 atom stereocenters. The molecule has 0 amide bonds. The van der Waals surface area contributed by atoms with Gasteiger partial charge in [0.15, 0.2) is 0 Å². The first-order valence-electron chi connectivity index (χ1n) is 10.2. The molecule has 1 aliphatic carbocycles. The van der Waals surface area contributed by atoms with Crippen LogP contribution in [0.2, 0.25) is 0 Å². The molecule has 0 bridgehead atoms. The van der Waals surface area contributed by atoms with Crippen molar-refractivity contribution in [3.05, 3.63) is 0 Å². The van der Waals surface area contributed by atoms with Crippen molar-refractivity contribution in [3.8, 4) is 0 Å². The summed E-state index contributed by atoms with van der Waals surface area (Å²) in [6.07, 6.45) is 13.1. The second kappa shape index (κ2) is 10.5. The van der Waals surface area contributed by atoms with Crippen molar-refractivity contribution in [2.45, 2.75) is 84.1 Å². The zero-order valence-corrected chi connectivity index (χ0v) is 15.6. The second-order valence-corrected chi connectivity index (χ2v) is 7.76. The van der Waals surface area contributed by atoms with E-state index in [-0.39, 0.29) is 0 Å². The largest absolute Gasteiger partial charge is 0.301 e. The first-order chi connectivity index (χ1) is 11.2. The molecule has 1 saturated carbocycles. The lowest BCUT2D eigenvalue weighted by molar-refractivity contribution is -0.122. The van der Waals surface area contributed by atoms with E-state index in [1.165, 1.54) is 84.1 Å². The minimum absolute atomic E-state index is 0.361. The van der Waals surface area contributed by atoms with Gasteiger partial charge in [-0.3, -0.25) is 9.69 Å². The van der Waals surface area contributed by atoms with E-state index in [0.717, 1.165) is 18.9 Å². The van der Waals surface area contributed by atoms with Gasteiger partial charge in [-0.25, -0.2) is 0 Å². The zero-order valence-electron chi connectivity index (χ0n) is 15.6. The highest BCUT2D eigenvalue weighted by molar-refractivity contribution is 5.78. The van der Waals surface area contributed by atoms with Crippen LogP contribution in [-0.4, -0.2) is 54.3 Å². The minimum Gasteiger partial charge on any atom is -0.301 e. The number of ketones is 1. The number of unbranched alkanes of at least 4 members (excludes halogenated alkanes) is 5. The fourth-order valence-electron chi connectivity index (χ4n) is 4.32. The van der Waals surface area contributed by atoms with Crippen LogP contribution >= 0.6 is 0 Å². The molecule has 0 N–H and O–H groups in total. The van der Waals surface area contributed by atoms with Crippen molar-refractivity contribution in [2.75, 3.05) is 32.7 Å². The van der Waals surface area contributed by atoms with Gasteiger partial charge in [0.2, 0.25) is 0 Å². The maximum absolute atomic E-state index is 11.5. The van der Waals surface area contributed by atoms with Crippen LogP contribution in [0.1, 0.15) is 78.1 Å². The molecule has 0 spiro atoms. The smallest absolute Gasteiger partial charge is 0.132 e. The van der Waals surface area contributed by atoms with E-state index in [0.29, 0.717) is 11.7 Å². The number of hydrogen-bond acceptors (Lipinski definition) is 3. The Kier molecular flexibility index (Phi) is 8.60. The van der Waals surface area contributed by atoms with Crippen LogP contribution in [0.15, 0.2) is 0 Å². The topological polar surface area (TPSA) is 23.6 Å². The molecule has 3 nitrogen and oxygen atoms in total. The molecule has 0 aromatic rings. The summed E-state index contributed by atoms with van der Waals surface area (Å²) in [6.45, 7) is 10.3. The average molecular weight is 323 g/mol. The summed E-state index contributed by atoms with van der Waals surface area (Å²) < 4.78 is 0. The molecule has 0 unspecified atom stereocenters. The third kappa shape index (κ3) is 6.54. The number of Topliss-reactive ketones (excluding diaryl/α,β-unsaturated/α-hetero) is 1. The van der Waals surface area contributed by atoms with E-state index < -0.39 is 0 Å². The van der Waals surface area contributed by atoms with Gasteiger partial charge in [-0.15, -0.1) is 0 Å². The number of piperazine rings is 1. The number of carbonyl (C=O) groups is 1. The molecule has 2 rings (SSSR count). The lowest BCUT2D eigenvalue weighted by atomic mass is 9.83. The predicted molar refractivity (Wildman–Crippen MR) is 97.8 cm³/mol. The SMILES string of the molecule is CCCCCCCCN1CCN(C2CCC(C(C)=O)CC2)CC1. The first kappa shape index (κ1) is 18.9. The Morgan fingerprint density at radius 2 is 1.48 bits per heavy atom. The van der Waals surface area contributed by atoms with Gasteiger partial charge in [0, 0.05) is 38.1 Å². The van der Waals surface area contributed by atoms with E-state index in [1.54, 1.807) is 6.92 Å². The number of rotatable bonds is 9. The highest BCUT2D eigenvalue weighted by atomic mass is 16.1. The summed E-state index contributed by atoms with van der Waals surface area (Å²) in [6, 6.07) is 0.752. The van der Waals surface area contributed by atoms with Gasteiger partial charge >= 0.3 is 0 Å². The predicted octanol–water partition coefficient (Wildman–Crippen LogP) is 4.11. The van der Waals surface area contributed by atoms with Gasteiger partial charge in [0.1, 0.15) is 5.78 Å². The Bertz CT molecular complexity index is 329. The van der Waals surface area contributed by atoms with E-state index in [4.69, 9.17) is 0 Å². The molecule has 0 aromatic carbocycles. The standard InChI is InChI=1S/C20H38N2O/c1-3-4-5-6-7-8-13-21-14-16-22(17-15-21)20-11-9-19(10-12-20)18(2)23/h19-20H,3-17H2,1-2H3. The summed E-state index contributed by atoms with van der Waals surface area (Å²) in [5, 5.41) is 0. The lowest BCUT2D eigenvalue weighted by Gasteiger charge is -2.41. The van der Waals surface area contributed by atoms with Crippen LogP contribution in [0, 0.1) is 5.92 Å². The molecule has 3 heteroatoms. The molecule has 0 radical (unpaired) electrons. The van der Waals surface area contributed by atoms with Crippen molar-refractivity contribution in [1.29, 1.82) is 0 Å². The first-order valence-corrected chi connectivity index (χ1v) is 10.2. The summed E-state index contributed by atoms with van der Waals surface area (Å²) >= 11 is 0. The Balaban J connectivity index is 1.55. The van der Waals surface area contributed by atoms with Gasteiger partial charge in [-0.1, -0.05) is 39.0 Å². The van der Waals surface area contributed by atoms with Crippen LogP contribution < -0.4 is 0 Å². The van der Waals surface area contributed by atoms with Crippen LogP contribution in [-0.2, 0) is 4.79 Å². The van der Waals surface area contributed by atoms with Crippen LogP contribution in [0.3, 0.4) is 0 Å². The Morgan fingerprint density at radius 3 is 2.09 bits per heavy atom. The van der Waals surface area contributed by atoms with Crippen molar-refractivity contribution in [1.82, 2.24) is 9.80 Å². The highest BCUT2D eigenvalue weighted by Gasteiger charge is 2.29. The molecule has 134 valence electrons. The van der Waals surface area contributed by atoms with Crippen molar-refractivity contribution >= 4 is 5.78 Å². The maximum Gasteiger partial charge on any atom is 0.132 e. The molecule has 2 aliphatic rings. The molecule has 2 fully saturated rings. The fourth-order valence-corrected chi connectivity index (χ4v) is 4.32. The summed E-state index contributed by atoms with van der Waals surface area (Å²) in [4.78, 5) is 16.9. The van der Waals surface area contributed by atoms with Crippen LogP contribution in [0.25, 0.3) is 0 Å². The molecular weight excluding hydrogens is 284 g/mol. The normalized spacial score (nSPS) is 27.2. The van der Waals surface area contributed by atoms with E-state index in [1.807, 2.05) is 0 Å². The van der Waals surface area contributed by atoms with Crippen molar-refractivity contribution in [2.24, 2.45) is 5.92 Å². The molecule has 0 aromatic heterocycles. The zero-order chi connectivity index (χ0) is 16.5. The monoisotopic (exact) mass is 322 g/mol. The van der Waals surface area contributed by atoms with E-state index >= 15 is 0 Å². The van der Waals surface area contributed by atoms with Crippen LogP contribution in [0.5, 0.6) is 0 Å². The van der Waals surface area contributed by atoms with Crippen molar-refractivity contribution < 1.29 is 4.79 Å². The second-order valence-electron chi connectivity index (χ2n) is 7.76. The van der Waals surface area contributed by atoms with Gasteiger partial charge in [-0.2, -0.15) is 0 Å². The van der Waals surface area contributed by atoms with Gasteiger partial charge in [-0.05, 0) is 45.6 Å². The maximum atomic E-state index is 11.5. The van der Waals surface area contributed by atoms with E-state index in [9.17, 15) is 4.79 Å². The lowest BCUT2D eigenvalue weighted by Crippen LogP contribution is -2.51. The summed E-state index contributed by atoms with van der Waals surface area (Å²) in [7, 11) is 0. The summed E-state index contributed by atoms with van der Waals surface area (Å²) in [5.41, 5.74) is 0. The minimum atomic E-state index is 0.361. The van der Waals surface area contributed by atoms with E-state index in [2.05, 4.69) is 16.7 Å². The average Bonchev–Trinajstić information content (AvgIpc) is 2.58. The quantitative estimate of drug-likeness (QED) is 0.597. The number of hydrogen-bond donors (Lipinski definition) is 0. The highest BCUT2D eigenvalue weighted by Crippen LogP contribution is 2.28. The van der Waals surface area contributed by atoms with Gasteiger partial charge in [0.25, 0.3) is 0 Å². The molecule has 23 heavy (non-hydrogen) atoms. The molecule has 1 aliphatic heterocycles.